The van der Waals surface area contributed by atoms with E-state index in [2.05, 4.69) is 5.32 Å². The lowest BCUT2D eigenvalue weighted by Crippen LogP contribution is -2.35. The number of amides is 1. The second kappa shape index (κ2) is 8.99. The standard InChI is InChI=1S/C23H27NO5/c1-14(2)22(17-8-9-19-20(12-17)28-11-10-27-19)24-21(25)13-29-23(26)18-7-5-6-15(3)16(18)4/h5-9,12,14,22H,10-11,13H2,1-4H3,(H,24,25)/t22-/m1/s1. The lowest BCUT2D eigenvalue weighted by Gasteiger charge is -2.25. The molecule has 3 rings (SSSR count). The third-order valence-corrected chi connectivity index (χ3v) is 5.07. The van der Waals surface area contributed by atoms with Gasteiger partial charge in [-0.1, -0.05) is 32.0 Å². The summed E-state index contributed by atoms with van der Waals surface area (Å²) in [6.07, 6.45) is 0. The zero-order valence-electron chi connectivity index (χ0n) is 17.3. The second-order valence-corrected chi connectivity index (χ2v) is 7.52. The maximum atomic E-state index is 12.5. The molecule has 0 bridgehead atoms. The third-order valence-electron chi connectivity index (χ3n) is 5.07. The Morgan fingerprint density at radius 1 is 1.07 bits per heavy atom. The molecular formula is C23H27NO5. The summed E-state index contributed by atoms with van der Waals surface area (Å²) in [6, 6.07) is 10.9. The number of nitrogens with one attached hydrogen (secondary N) is 1. The smallest absolute Gasteiger partial charge is 0.338 e. The minimum atomic E-state index is -0.498. The van der Waals surface area contributed by atoms with Gasteiger partial charge in [0.1, 0.15) is 13.2 Å². The van der Waals surface area contributed by atoms with E-state index in [-0.39, 0.29) is 24.5 Å². The monoisotopic (exact) mass is 397 g/mol. The largest absolute Gasteiger partial charge is 0.486 e. The summed E-state index contributed by atoms with van der Waals surface area (Å²) in [5, 5.41) is 2.96. The predicted molar refractivity (Wildman–Crippen MR) is 109 cm³/mol. The van der Waals surface area contributed by atoms with E-state index in [1.165, 1.54) is 0 Å². The molecule has 2 aromatic rings. The maximum Gasteiger partial charge on any atom is 0.338 e. The van der Waals surface area contributed by atoms with Crippen molar-refractivity contribution in [1.82, 2.24) is 5.32 Å². The zero-order chi connectivity index (χ0) is 21.0. The third kappa shape index (κ3) is 4.88. The number of hydrogen-bond donors (Lipinski definition) is 1. The first-order valence-corrected chi connectivity index (χ1v) is 9.79. The van der Waals surface area contributed by atoms with Crippen molar-refractivity contribution in [2.45, 2.75) is 33.7 Å². The Morgan fingerprint density at radius 3 is 2.52 bits per heavy atom. The Balaban J connectivity index is 1.64. The van der Waals surface area contributed by atoms with Crippen LogP contribution in [0, 0.1) is 19.8 Å². The number of fused-ring (bicyclic) bond motifs is 1. The molecule has 1 aliphatic rings. The van der Waals surface area contributed by atoms with Crippen LogP contribution in [0.2, 0.25) is 0 Å². The molecule has 1 aliphatic heterocycles. The van der Waals surface area contributed by atoms with Gasteiger partial charge < -0.3 is 19.5 Å². The highest BCUT2D eigenvalue weighted by Gasteiger charge is 2.22. The minimum absolute atomic E-state index is 0.135. The first-order chi connectivity index (χ1) is 13.9. The van der Waals surface area contributed by atoms with Crippen molar-refractivity contribution in [2.24, 2.45) is 5.92 Å². The second-order valence-electron chi connectivity index (χ2n) is 7.52. The Labute approximate surface area is 171 Å². The van der Waals surface area contributed by atoms with Crippen LogP contribution >= 0.6 is 0 Å². The van der Waals surface area contributed by atoms with Crippen molar-refractivity contribution in [3.05, 3.63) is 58.7 Å². The minimum Gasteiger partial charge on any atom is -0.486 e. The highest BCUT2D eigenvalue weighted by Crippen LogP contribution is 2.34. The van der Waals surface area contributed by atoms with E-state index in [1.54, 1.807) is 12.1 Å². The van der Waals surface area contributed by atoms with E-state index >= 15 is 0 Å². The van der Waals surface area contributed by atoms with Crippen molar-refractivity contribution in [1.29, 1.82) is 0 Å². The van der Waals surface area contributed by atoms with Crippen molar-refractivity contribution in [3.63, 3.8) is 0 Å². The summed E-state index contributed by atoms with van der Waals surface area (Å²) >= 11 is 0. The molecule has 0 saturated heterocycles. The van der Waals surface area contributed by atoms with Crippen LogP contribution in [0.4, 0.5) is 0 Å². The van der Waals surface area contributed by atoms with Gasteiger partial charge in [-0.2, -0.15) is 0 Å². The topological polar surface area (TPSA) is 73.9 Å². The van der Waals surface area contributed by atoms with Gasteiger partial charge in [-0.25, -0.2) is 4.79 Å². The average molecular weight is 397 g/mol. The molecule has 0 radical (unpaired) electrons. The number of esters is 1. The van der Waals surface area contributed by atoms with E-state index in [9.17, 15) is 9.59 Å². The van der Waals surface area contributed by atoms with Crippen molar-refractivity contribution >= 4 is 11.9 Å². The van der Waals surface area contributed by atoms with Crippen LogP contribution in [0.1, 0.15) is 46.9 Å². The number of benzene rings is 2. The molecule has 154 valence electrons. The molecule has 1 atom stereocenters. The summed E-state index contributed by atoms with van der Waals surface area (Å²) in [5.41, 5.74) is 3.25. The van der Waals surface area contributed by atoms with Gasteiger partial charge in [0, 0.05) is 0 Å². The number of ether oxygens (including phenoxy) is 3. The summed E-state index contributed by atoms with van der Waals surface area (Å²) in [7, 11) is 0. The van der Waals surface area contributed by atoms with Gasteiger partial charge in [0.25, 0.3) is 5.91 Å². The molecule has 0 spiro atoms. The van der Waals surface area contributed by atoms with Crippen molar-refractivity contribution < 1.29 is 23.8 Å². The number of carbonyl (C=O) groups is 2. The zero-order valence-corrected chi connectivity index (χ0v) is 17.3. The van der Waals surface area contributed by atoms with Gasteiger partial charge in [0.2, 0.25) is 0 Å². The van der Waals surface area contributed by atoms with E-state index < -0.39 is 5.97 Å². The van der Waals surface area contributed by atoms with Gasteiger partial charge in [-0.15, -0.1) is 0 Å². The van der Waals surface area contributed by atoms with Crippen LogP contribution < -0.4 is 14.8 Å². The van der Waals surface area contributed by atoms with Gasteiger partial charge >= 0.3 is 5.97 Å². The Bertz CT molecular complexity index is 906. The van der Waals surface area contributed by atoms with Crippen LogP contribution in [0.3, 0.4) is 0 Å². The van der Waals surface area contributed by atoms with Gasteiger partial charge in [-0.3, -0.25) is 4.79 Å². The SMILES string of the molecule is Cc1cccc(C(=O)OCC(=O)N[C@@H](c2ccc3c(c2)OCCO3)C(C)C)c1C. The maximum absolute atomic E-state index is 12.5. The molecule has 6 heteroatoms. The summed E-state index contributed by atoms with van der Waals surface area (Å²) in [5.74, 6) is 0.668. The normalized spacial score (nSPS) is 13.7. The number of hydrogen-bond acceptors (Lipinski definition) is 5. The van der Waals surface area contributed by atoms with Gasteiger partial charge in [0.05, 0.1) is 11.6 Å². The first kappa shape index (κ1) is 20.7. The fraction of sp³-hybridized carbons (Fsp3) is 0.391. The van der Waals surface area contributed by atoms with Crippen molar-refractivity contribution in [3.8, 4) is 11.5 Å². The average Bonchev–Trinajstić information content (AvgIpc) is 2.71. The van der Waals surface area contributed by atoms with Crippen molar-refractivity contribution in [2.75, 3.05) is 19.8 Å². The molecule has 0 aliphatic carbocycles. The Kier molecular flexibility index (Phi) is 6.42. The Morgan fingerprint density at radius 2 is 1.79 bits per heavy atom. The highest BCUT2D eigenvalue weighted by molar-refractivity contribution is 5.93. The summed E-state index contributed by atoms with van der Waals surface area (Å²) in [4.78, 5) is 24.8. The van der Waals surface area contributed by atoms with E-state index in [4.69, 9.17) is 14.2 Å². The number of aryl methyl sites for hydroxylation is 1. The van der Waals surface area contributed by atoms with Gasteiger partial charge in [-0.05, 0) is 54.7 Å². The lowest BCUT2D eigenvalue weighted by molar-refractivity contribution is -0.125. The van der Waals surface area contributed by atoms with Crippen LogP contribution in [-0.4, -0.2) is 31.7 Å². The van der Waals surface area contributed by atoms with Crippen LogP contribution in [0.15, 0.2) is 36.4 Å². The molecule has 1 heterocycles. The molecule has 0 fully saturated rings. The fourth-order valence-corrected chi connectivity index (χ4v) is 3.28. The summed E-state index contributed by atoms with van der Waals surface area (Å²) in [6.45, 7) is 8.53. The molecule has 1 N–H and O–H groups in total. The molecule has 0 aromatic heterocycles. The molecule has 0 saturated carbocycles. The van der Waals surface area contributed by atoms with E-state index in [0.717, 1.165) is 16.7 Å². The number of carbonyl (C=O) groups excluding carboxylic acids is 2. The van der Waals surface area contributed by atoms with E-state index in [0.29, 0.717) is 30.3 Å². The molecule has 6 nitrogen and oxygen atoms in total. The van der Waals surface area contributed by atoms with Crippen LogP contribution in [0.25, 0.3) is 0 Å². The first-order valence-electron chi connectivity index (χ1n) is 9.79. The number of rotatable bonds is 6. The summed E-state index contributed by atoms with van der Waals surface area (Å²) < 4.78 is 16.4. The lowest BCUT2D eigenvalue weighted by atomic mass is 9.95. The van der Waals surface area contributed by atoms with E-state index in [1.807, 2.05) is 52.0 Å². The van der Waals surface area contributed by atoms with Crippen LogP contribution in [0.5, 0.6) is 11.5 Å². The Hall–Kier alpha value is -3.02. The molecule has 29 heavy (non-hydrogen) atoms. The quantitative estimate of drug-likeness (QED) is 0.752. The molecular weight excluding hydrogens is 370 g/mol. The highest BCUT2D eigenvalue weighted by atomic mass is 16.6. The predicted octanol–water partition coefficient (Wildman–Crippen LogP) is 3.74. The van der Waals surface area contributed by atoms with Crippen LogP contribution in [-0.2, 0) is 9.53 Å². The van der Waals surface area contributed by atoms with Gasteiger partial charge in [0.15, 0.2) is 18.1 Å². The molecule has 2 aromatic carbocycles. The molecule has 0 unspecified atom stereocenters. The fourth-order valence-electron chi connectivity index (χ4n) is 3.28. The molecule has 1 amide bonds.